The number of rotatable bonds is 5. The van der Waals surface area contributed by atoms with E-state index in [1.54, 1.807) is 24.3 Å². The van der Waals surface area contributed by atoms with E-state index in [-0.39, 0.29) is 10.5 Å². The molecule has 0 atom stereocenters. The van der Waals surface area contributed by atoms with E-state index < -0.39 is 16.0 Å². The lowest BCUT2D eigenvalue weighted by Gasteiger charge is -2.32. The van der Waals surface area contributed by atoms with Gasteiger partial charge in [0.2, 0.25) is 0 Å². The van der Waals surface area contributed by atoms with Crippen LogP contribution < -0.4 is 9.62 Å². The van der Waals surface area contributed by atoms with Crippen LogP contribution in [0.2, 0.25) is 0 Å². The molecule has 0 fully saturated rings. The predicted molar refractivity (Wildman–Crippen MR) is 121 cm³/mol. The summed E-state index contributed by atoms with van der Waals surface area (Å²) in [6.07, 6.45) is 0.819. The molecule has 0 aromatic heterocycles. The van der Waals surface area contributed by atoms with Gasteiger partial charge in [0.15, 0.2) is 0 Å². The van der Waals surface area contributed by atoms with Crippen LogP contribution >= 0.6 is 0 Å². The van der Waals surface area contributed by atoms with Crippen LogP contribution in [-0.2, 0) is 27.7 Å². The van der Waals surface area contributed by atoms with Crippen molar-refractivity contribution < 1.29 is 17.9 Å². The van der Waals surface area contributed by atoms with Gasteiger partial charge < -0.3 is 9.64 Å². The predicted octanol–water partition coefficient (Wildman–Crippen LogP) is 4.15. The summed E-state index contributed by atoms with van der Waals surface area (Å²) in [7, 11) is -2.67. The van der Waals surface area contributed by atoms with E-state index in [0.29, 0.717) is 24.5 Å². The van der Waals surface area contributed by atoms with Crippen LogP contribution in [0.1, 0.15) is 27.0 Å². The van der Waals surface area contributed by atoms with Crippen LogP contribution in [0.5, 0.6) is 0 Å². The first kappa shape index (κ1) is 20.9. The number of carbonyl (C=O) groups is 1. The number of aryl methyl sites for hydroxylation is 1. The van der Waals surface area contributed by atoms with Crippen molar-refractivity contribution in [3.05, 3.63) is 89.0 Å². The third-order valence-electron chi connectivity index (χ3n) is 5.45. The number of carbonyl (C=O) groups excluding carboxylic acids is 1. The number of anilines is 2. The number of ether oxygens (including phenoxy) is 1. The number of fused-ring (bicyclic) bond motifs is 1. The average molecular weight is 437 g/mol. The zero-order chi connectivity index (χ0) is 22.0. The Morgan fingerprint density at radius 1 is 1.00 bits per heavy atom. The molecule has 0 amide bonds. The molecule has 0 bridgehead atoms. The highest BCUT2D eigenvalue weighted by Crippen LogP contribution is 2.32. The fraction of sp³-hybridized carbons (Fsp3) is 0.208. The Morgan fingerprint density at radius 3 is 2.42 bits per heavy atom. The molecule has 0 aliphatic carbocycles. The van der Waals surface area contributed by atoms with E-state index in [4.69, 9.17) is 4.74 Å². The van der Waals surface area contributed by atoms with Crippen LogP contribution in [0.3, 0.4) is 0 Å². The molecule has 1 N–H and O–H groups in total. The molecule has 3 aromatic carbocycles. The quantitative estimate of drug-likeness (QED) is 0.608. The van der Waals surface area contributed by atoms with Crippen molar-refractivity contribution in [1.82, 2.24) is 0 Å². The number of hydrogen-bond donors (Lipinski definition) is 1. The molecule has 0 unspecified atom stereocenters. The minimum atomic E-state index is -3.95. The molecule has 3 aromatic rings. The van der Waals surface area contributed by atoms with Gasteiger partial charge in [0.25, 0.3) is 10.0 Å². The van der Waals surface area contributed by atoms with Gasteiger partial charge in [0.1, 0.15) is 4.90 Å². The minimum Gasteiger partial charge on any atom is -0.465 e. The van der Waals surface area contributed by atoms with Crippen molar-refractivity contribution in [2.75, 3.05) is 23.3 Å². The Bertz CT molecular complexity index is 1220. The summed E-state index contributed by atoms with van der Waals surface area (Å²) >= 11 is 0. The maximum absolute atomic E-state index is 13.4. The lowest BCUT2D eigenvalue weighted by molar-refractivity contribution is 0.0600. The van der Waals surface area contributed by atoms with E-state index in [2.05, 4.69) is 16.9 Å². The molecule has 1 heterocycles. The van der Waals surface area contributed by atoms with Gasteiger partial charge in [-0.1, -0.05) is 42.0 Å². The fourth-order valence-corrected chi connectivity index (χ4v) is 5.08. The van der Waals surface area contributed by atoms with Gasteiger partial charge in [0.05, 0.1) is 18.4 Å². The van der Waals surface area contributed by atoms with Crippen molar-refractivity contribution >= 4 is 27.4 Å². The molecular weight excluding hydrogens is 412 g/mol. The Labute approximate surface area is 182 Å². The maximum Gasteiger partial charge on any atom is 0.337 e. The van der Waals surface area contributed by atoms with Gasteiger partial charge in [-0.3, -0.25) is 4.72 Å². The highest BCUT2D eigenvalue weighted by molar-refractivity contribution is 7.92. The third kappa shape index (κ3) is 4.41. The number of benzene rings is 3. The number of hydrogen-bond acceptors (Lipinski definition) is 5. The number of sulfonamides is 1. The highest BCUT2D eigenvalue weighted by atomic mass is 32.2. The van der Waals surface area contributed by atoms with Crippen molar-refractivity contribution in [2.45, 2.75) is 24.8 Å². The first-order chi connectivity index (χ1) is 14.9. The molecule has 4 rings (SSSR count). The Balaban J connectivity index is 1.75. The van der Waals surface area contributed by atoms with Crippen molar-refractivity contribution in [3.8, 4) is 0 Å². The second-order valence-corrected chi connectivity index (χ2v) is 9.24. The van der Waals surface area contributed by atoms with Crippen molar-refractivity contribution in [3.63, 3.8) is 0 Å². The molecule has 0 radical (unpaired) electrons. The molecular formula is C24H24N2O4S. The van der Waals surface area contributed by atoms with Crippen LogP contribution in [0.4, 0.5) is 11.4 Å². The molecule has 1 aliphatic heterocycles. The van der Waals surface area contributed by atoms with Gasteiger partial charge in [0, 0.05) is 18.8 Å². The summed E-state index contributed by atoms with van der Waals surface area (Å²) in [6, 6.07) is 19.9. The average Bonchev–Trinajstić information content (AvgIpc) is 2.79. The third-order valence-corrected chi connectivity index (χ3v) is 6.86. The monoisotopic (exact) mass is 436 g/mol. The first-order valence-corrected chi connectivity index (χ1v) is 11.5. The van der Waals surface area contributed by atoms with Gasteiger partial charge in [-0.2, -0.15) is 0 Å². The van der Waals surface area contributed by atoms with E-state index >= 15 is 0 Å². The second kappa shape index (κ2) is 8.43. The van der Waals surface area contributed by atoms with Crippen LogP contribution in [0.15, 0.2) is 71.6 Å². The molecule has 1 aliphatic rings. The normalized spacial score (nSPS) is 13.4. The Morgan fingerprint density at radius 2 is 1.71 bits per heavy atom. The molecule has 7 heteroatoms. The maximum atomic E-state index is 13.4. The number of methoxy groups -OCH3 is 1. The summed E-state index contributed by atoms with van der Waals surface area (Å²) in [5.74, 6) is -0.581. The van der Waals surface area contributed by atoms with Crippen molar-refractivity contribution in [1.29, 1.82) is 0 Å². The lowest BCUT2D eigenvalue weighted by atomic mass is 9.99. The molecule has 160 valence electrons. The minimum absolute atomic E-state index is 0.0513. The second-order valence-electron chi connectivity index (χ2n) is 7.59. The van der Waals surface area contributed by atoms with Gasteiger partial charge in [-0.15, -0.1) is 0 Å². The zero-order valence-corrected chi connectivity index (χ0v) is 18.3. The number of nitrogens with zero attached hydrogens (tertiary/aromatic N) is 1. The van der Waals surface area contributed by atoms with E-state index in [9.17, 15) is 13.2 Å². The highest BCUT2D eigenvalue weighted by Gasteiger charge is 2.26. The summed E-state index contributed by atoms with van der Waals surface area (Å²) < 4.78 is 34.2. The van der Waals surface area contributed by atoms with E-state index in [1.807, 2.05) is 36.1 Å². The van der Waals surface area contributed by atoms with Gasteiger partial charge >= 0.3 is 5.97 Å². The first-order valence-electron chi connectivity index (χ1n) is 10.0. The molecule has 0 saturated carbocycles. The fourth-order valence-electron chi connectivity index (χ4n) is 3.77. The summed E-state index contributed by atoms with van der Waals surface area (Å²) in [6.45, 7) is 3.22. The standard InChI is InChI=1S/C24H24N2O4S/c1-17-7-10-21(11-8-17)25-31(28,29)23-15-19(24(27)30-2)9-12-22(23)26-14-13-18-5-3-4-6-20(18)16-26/h3-12,15,25H,13-14,16H2,1-2H3. The zero-order valence-electron chi connectivity index (χ0n) is 17.5. The SMILES string of the molecule is COC(=O)c1ccc(N2CCc3ccccc3C2)c(S(=O)(=O)Nc2ccc(C)cc2)c1. The molecule has 0 spiro atoms. The largest absolute Gasteiger partial charge is 0.465 e. The Kier molecular flexibility index (Phi) is 5.69. The van der Waals surface area contributed by atoms with Gasteiger partial charge in [-0.25, -0.2) is 13.2 Å². The molecule has 0 saturated heterocycles. The van der Waals surface area contributed by atoms with Crippen LogP contribution in [0.25, 0.3) is 0 Å². The summed E-state index contributed by atoms with van der Waals surface area (Å²) in [4.78, 5) is 14.2. The van der Waals surface area contributed by atoms with E-state index in [0.717, 1.165) is 12.0 Å². The summed E-state index contributed by atoms with van der Waals surface area (Å²) in [5, 5.41) is 0. The van der Waals surface area contributed by atoms with Crippen LogP contribution in [0, 0.1) is 6.92 Å². The van der Waals surface area contributed by atoms with Crippen molar-refractivity contribution in [2.24, 2.45) is 0 Å². The summed E-state index contributed by atoms with van der Waals surface area (Å²) in [5.41, 5.74) is 4.68. The lowest BCUT2D eigenvalue weighted by Crippen LogP contribution is -2.32. The molecule has 31 heavy (non-hydrogen) atoms. The molecule has 6 nitrogen and oxygen atoms in total. The van der Waals surface area contributed by atoms with Gasteiger partial charge in [-0.05, 0) is 54.8 Å². The number of esters is 1. The van der Waals surface area contributed by atoms with E-state index in [1.165, 1.54) is 24.3 Å². The topological polar surface area (TPSA) is 75.7 Å². The number of nitrogens with one attached hydrogen (secondary N) is 1. The van der Waals surface area contributed by atoms with Crippen LogP contribution in [-0.4, -0.2) is 28.0 Å². The Hall–Kier alpha value is -3.32. The smallest absolute Gasteiger partial charge is 0.337 e.